The first kappa shape index (κ1) is 19.1. The van der Waals surface area contributed by atoms with E-state index in [1.54, 1.807) is 6.92 Å². The summed E-state index contributed by atoms with van der Waals surface area (Å²) in [7, 11) is 0. The van der Waals surface area contributed by atoms with Crippen molar-refractivity contribution in [3.63, 3.8) is 0 Å². The molecule has 1 heterocycles. The summed E-state index contributed by atoms with van der Waals surface area (Å²) in [6.07, 6.45) is 8.19. The topological polar surface area (TPSA) is 117 Å². The summed E-state index contributed by atoms with van der Waals surface area (Å²) < 4.78 is 5.11. The van der Waals surface area contributed by atoms with Crippen molar-refractivity contribution in [2.24, 2.45) is 10.9 Å². The molecule has 2 rings (SSSR count). The standard InChI is InChI=1S/C17H25N3O5/c1-2-25-15(23)17-11-12(17)7-5-3-4-6-9-18-16(24)19-13(8-10-21)14(22)20-17/h5,7,9,12-13,21H,2-4,6,8,10-11H2,1H3,(H,19,24)(H,20,22)/b7-5-,18-9?/t12-,13+,17-/m1/s1. The second-order valence-electron chi connectivity index (χ2n) is 6.18. The molecule has 0 radical (unpaired) electrons. The van der Waals surface area contributed by atoms with Crippen LogP contribution in [0.2, 0.25) is 0 Å². The first-order valence-corrected chi connectivity index (χ1v) is 8.63. The van der Waals surface area contributed by atoms with Gasteiger partial charge < -0.3 is 20.5 Å². The van der Waals surface area contributed by atoms with Crippen molar-refractivity contribution in [1.29, 1.82) is 0 Å². The quantitative estimate of drug-likeness (QED) is 0.509. The lowest BCUT2D eigenvalue weighted by molar-refractivity contribution is -0.149. The van der Waals surface area contributed by atoms with E-state index in [4.69, 9.17) is 9.84 Å². The molecule has 0 aromatic carbocycles. The smallest absolute Gasteiger partial charge is 0.341 e. The maximum atomic E-state index is 12.5. The fraction of sp³-hybridized carbons (Fsp3) is 0.647. The third kappa shape index (κ3) is 4.88. The fourth-order valence-corrected chi connectivity index (χ4v) is 2.84. The fourth-order valence-electron chi connectivity index (χ4n) is 2.84. The van der Waals surface area contributed by atoms with E-state index in [-0.39, 0.29) is 25.6 Å². The largest absolute Gasteiger partial charge is 0.464 e. The molecule has 1 fully saturated rings. The minimum absolute atomic E-state index is 0.0342. The normalized spacial score (nSPS) is 31.1. The van der Waals surface area contributed by atoms with Gasteiger partial charge in [0.15, 0.2) is 0 Å². The van der Waals surface area contributed by atoms with Gasteiger partial charge in [-0.2, -0.15) is 0 Å². The Kier molecular flexibility index (Phi) is 6.69. The van der Waals surface area contributed by atoms with Crippen molar-refractivity contribution < 1.29 is 24.2 Å². The molecule has 0 spiro atoms. The van der Waals surface area contributed by atoms with E-state index in [1.165, 1.54) is 6.21 Å². The number of aliphatic imine (C=N–C) groups is 1. The van der Waals surface area contributed by atoms with E-state index in [2.05, 4.69) is 15.6 Å². The highest BCUT2D eigenvalue weighted by Gasteiger charge is 2.61. The SMILES string of the molecule is CCOC(=O)[C@@]12C[C@H]1/C=C\CCCC=NC(=O)N[C@@H](CCO)C(=O)N2. The van der Waals surface area contributed by atoms with E-state index < -0.39 is 29.5 Å². The van der Waals surface area contributed by atoms with Gasteiger partial charge in [0, 0.05) is 18.7 Å². The summed E-state index contributed by atoms with van der Waals surface area (Å²) in [6, 6.07) is -1.60. The summed E-state index contributed by atoms with van der Waals surface area (Å²) in [4.78, 5) is 40.4. The number of hydrogen-bond acceptors (Lipinski definition) is 5. The van der Waals surface area contributed by atoms with Crippen molar-refractivity contribution in [3.8, 4) is 0 Å². The van der Waals surface area contributed by atoms with Gasteiger partial charge in [0.1, 0.15) is 11.6 Å². The molecule has 3 atom stereocenters. The second kappa shape index (κ2) is 8.75. The minimum atomic E-state index is -1.09. The Morgan fingerprint density at radius 1 is 1.44 bits per heavy atom. The Bertz CT molecular complexity index is 575. The number of ether oxygens (including phenoxy) is 1. The molecule has 25 heavy (non-hydrogen) atoms. The van der Waals surface area contributed by atoms with Crippen LogP contribution in [0.15, 0.2) is 17.1 Å². The number of carbonyl (C=O) groups is 3. The van der Waals surface area contributed by atoms with E-state index in [0.717, 1.165) is 12.8 Å². The average molecular weight is 351 g/mol. The van der Waals surface area contributed by atoms with Crippen molar-refractivity contribution >= 4 is 24.1 Å². The first-order valence-electron chi connectivity index (χ1n) is 8.63. The van der Waals surface area contributed by atoms with Crippen LogP contribution < -0.4 is 10.6 Å². The van der Waals surface area contributed by atoms with Gasteiger partial charge >= 0.3 is 12.0 Å². The van der Waals surface area contributed by atoms with Crippen LogP contribution in [-0.2, 0) is 14.3 Å². The number of aliphatic hydroxyl groups is 1. The third-order valence-corrected chi connectivity index (χ3v) is 4.31. The molecule has 0 saturated heterocycles. The van der Waals surface area contributed by atoms with Crippen LogP contribution in [0.25, 0.3) is 0 Å². The lowest BCUT2D eigenvalue weighted by atomic mass is 10.1. The maximum Gasteiger partial charge on any atom is 0.341 e. The lowest BCUT2D eigenvalue weighted by Crippen LogP contribution is -2.54. The van der Waals surface area contributed by atoms with E-state index in [1.807, 2.05) is 12.2 Å². The number of fused-ring (bicyclic) bond motifs is 1. The molecule has 3 N–H and O–H groups in total. The minimum Gasteiger partial charge on any atom is -0.464 e. The van der Waals surface area contributed by atoms with Crippen molar-refractivity contribution in [2.75, 3.05) is 13.2 Å². The number of nitrogens with zero attached hydrogens (tertiary/aromatic N) is 1. The number of carbonyl (C=O) groups excluding carboxylic acids is 3. The van der Waals surface area contributed by atoms with Gasteiger partial charge in [-0.05, 0) is 39.0 Å². The van der Waals surface area contributed by atoms with Crippen molar-refractivity contribution in [1.82, 2.24) is 10.6 Å². The molecule has 1 saturated carbocycles. The average Bonchev–Trinajstić information content (AvgIpc) is 3.27. The molecule has 0 aromatic heterocycles. The number of amides is 3. The molecule has 1 aliphatic heterocycles. The van der Waals surface area contributed by atoms with Crippen LogP contribution in [0.4, 0.5) is 4.79 Å². The van der Waals surface area contributed by atoms with Gasteiger partial charge in [-0.3, -0.25) is 4.79 Å². The number of hydrogen-bond donors (Lipinski definition) is 3. The van der Waals surface area contributed by atoms with Crippen LogP contribution in [0.1, 0.15) is 39.0 Å². The van der Waals surface area contributed by atoms with Crippen molar-refractivity contribution in [3.05, 3.63) is 12.2 Å². The summed E-state index contributed by atoms with van der Waals surface area (Å²) >= 11 is 0. The molecular formula is C17H25N3O5. The van der Waals surface area contributed by atoms with Gasteiger partial charge in [0.25, 0.3) is 0 Å². The van der Waals surface area contributed by atoms with Crippen LogP contribution >= 0.6 is 0 Å². The molecule has 1 aliphatic carbocycles. The number of allylic oxidation sites excluding steroid dienone is 1. The summed E-state index contributed by atoms with van der Waals surface area (Å²) in [5.41, 5.74) is -1.09. The van der Waals surface area contributed by atoms with Gasteiger partial charge in [-0.25, -0.2) is 14.6 Å². The van der Waals surface area contributed by atoms with E-state index in [0.29, 0.717) is 12.8 Å². The Hall–Kier alpha value is -2.22. The number of rotatable bonds is 4. The molecule has 138 valence electrons. The summed E-state index contributed by atoms with van der Waals surface area (Å²) in [5, 5.41) is 14.3. The predicted octanol–water partition coefficient (Wildman–Crippen LogP) is 0.696. The van der Waals surface area contributed by atoms with Crippen LogP contribution in [0.5, 0.6) is 0 Å². The maximum absolute atomic E-state index is 12.5. The zero-order chi connectivity index (χ0) is 18.3. The Balaban J connectivity index is 2.21. The molecule has 3 amide bonds. The molecule has 0 aromatic rings. The second-order valence-corrected chi connectivity index (χ2v) is 6.18. The lowest BCUT2D eigenvalue weighted by Gasteiger charge is -2.22. The number of nitrogens with one attached hydrogen (secondary N) is 2. The van der Waals surface area contributed by atoms with E-state index in [9.17, 15) is 14.4 Å². The van der Waals surface area contributed by atoms with Crippen molar-refractivity contribution in [2.45, 2.75) is 50.6 Å². The number of aliphatic hydroxyl groups excluding tert-OH is 1. The molecule has 8 heteroatoms. The zero-order valence-electron chi connectivity index (χ0n) is 14.4. The zero-order valence-corrected chi connectivity index (χ0v) is 14.4. The number of urea groups is 1. The molecule has 0 bridgehead atoms. The highest BCUT2D eigenvalue weighted by atomic mass is 16.5. The first-order chi connectivity index (χ1) is 12.0. The van der Waals surface area contributed by atoms with Gasteiger partial charge in [0.05, 0.1) is 6.61 Å². The molecular weight excluding hydrogens is 326 g/mol. The monoisotopic (exact) mass is 351 g/mol. The molecule has 8 nitrogen and oxygen atoms in total. The van der Waals surface area contributed by atoms with Crippen LogP contribution in [0, 0.1) is 5.92 Å². The third-order valence-electron chi connectivity index (χ3n) is 4.31. The van der Waals surface area contributed by atoms with Gasteiger partial charge in [-0.1, -0.05) is 12.2 Å². The number of esters is 1. The molecule has 2 aliphatic rings. The predicted molar refractivity (Wildman–Crippen MR) is 91.1 cm³/mol. The Morgan fingerprint density at radius 3 is 2.96 bits per heavy atom. The van der Waals surface area contributed by atoms with Crippen LogP contribution in [0.3, 0.4) is 0 Å². The summed E-state index contributed by atoms with van der Waals surface area (Å²) in [5.74, 6) is -1.13. The Labute approximate surface area is 146 Å². The highest BCUT2D eigenvalue weighted by molar-refractivity contribution is 5.95. The molecule has 0 unspecified atom stereocenters. The van der Waals surface area contributed by atoms with Crippen LogP contribution in [-0.4, -0.2) is 54.0 Å². The van der Waals surface area contributed by atoms with Gasteiger partial charge in [0.2, 0.25) is 5.91 Å². The highest BCUT2D eigenvalue weighted by Crippen LogP contribution is 2.46. The van der Waals surface area contributed by atoms with E-state index >= 15 is 0 Å². The Morgan fingerprint density at radius 2 is 2.24 bits per heavy atom. The van der Waals surface area contributed by atoms with Gasteiger partial charge in [-0.15, -0.1) is 0 Å². The summed E-state index contributed by atoms with van der Waals surface area (Å²) in [6.45, 7) is 1.65.